The van der Waals surface area contributed by atoms with Crippen LogP contribution in [0.25, 0.3) is 0 Å². The molecule has 1 unspecified atom stereocenters. The van der Waals surface area contributed by atoms with Crippen molar-refractivity contribution in [3.8, 4) is 0 Å². The van der Waals surface area contributed by atoms with Gasteiger partial charge in [-0.2, -0.15) is 0 Å². The Kier molecular flexibility index (Phi) is 3.35. The molecular weight excluding hydrogens is 264 g/mol. The summed E-state index contributed by atoms with van der Waals surface area (Å²) in [5.41, 5.74) is -1.86. The zero-order chi connectivity index (χ0) is 12.7. The van der Waals surface area contributed by atoms with Crippen LogP contribution in [0.5, 0.6) is 0 Å². The van der Waals surface area contributed by atoms with Crippen LogP contribution in [0.3, 0.4) is 0 Å². The number of thioether (sulfide) groups is 2. The SMILES string of the molecule is CCC1(CC)C(=O)OC2(OC1=O)SCC(O)S2. The molecule has 2 saturated heterocycles. The van der Waals surface area contributed by atoms with Gasteiger partial charge in [-0.1, -0.05) is 25.6 Å². The van der Waals surface area contributed by atoms with Crippen molar-refractivity contribution in [2.45, 2.75) is 36.6 Å². The molecule has 2 rings (SSSR count). The first kappa shape index (κ1) is 13.0. The molecule has 1 spiro atoms. The van der Waals surface area contributed by atoms with Crippen LogP contribution in [-0.4, -0.2) is 32.7 Å². The largest absolute Gasteiger partial charge is 0.403 e. The zero-order valence-corrected chi connectivity index (χ0v) is 11.2. The van der Waals surface area contributed by atoms with E-state index in [4.69, 9.17) is 9.47 Å². The van der Waals surface area contributed by atoms with Gasteiger partial charge in [-0.3, -0.25) is 9.59 Å². The average molecular weight is 278 g/mol. The van der Waals surface area contributed by atoms with Gasteiger partial charge in [0.1, 0.15) is 5.44 Å². The minimum absolute atomic E-state index is 0.356. The number of hydrogen-bond acceptors (Lipinski definition) is 7. The third kappa shape index (κ3) is 1.94. The fourth-order valence-corrected chi connectivity index (χ4v) is 4.35. The van der Waals surface area contributed by atoms with E-state index in [0.29, 0.717) is 18.6 Å². The van der Waals surface area contributed by atoms with Gasteiger partial charge in [0.2, 0.25) is 0 Å². The van der Waals surface area contributed by atoms with Crippen LogP contribution in [0.2, 0.25) is 0 Å². The highest BCUT2D eigenvalue weighted by Crippen LogP contribution is 2.53. The van der Waals surface area contributed by atoms with Crippen LogP contribution in [0.4, 0.5) is 0 Å². The van der Waals surface area contributed by atoms with E-state index in [1.807, 2.05) is 0 Å². The summed E-state index contributed by atoms with van der Waals surface area (Å²) in [6.07, 6.45) is 0.713. The molecule has 0 aromatic rings. The van der Waals surface area contributed by atoms with Crippen LogP contribution in [0.1, 0.15) is 26.7 Å². The molecule has 1 N–H and O–H groups in total. The first-order chi connectivity index (χ1) is 7.98. The Morgan fingerprint density at radius 2 is 1.82 bits per heavy atom. The summed E-state index contributed by atoms with van der Waals surface area (Å²) in [5, 5.41) is 9.42. The predicted molar refractivity (Wildman–Crippen MR) is 64.0 cm³/mol. The minimum Gasteiger partial charge on any atom is -0.403 e. The summed E-state index contributed by atoms with van der Waals surface area (Å²) < 4.78 is 9.14. The zero-order valence-electron chi connectivity index (χ0n) is 9.60. The molecule has 0 amide bonds. The average Bonchev–Trinajstić information content (AvgIpc) is 2.61. The van der Waals surface area contributed by atoms with Gasteiger partial charge >= 0.3 is 16.4 Å². The lowest BCUT2D eigenvalue weighted by Gasteiger charge is -2.39. The van der Waals surface area contributed by atoms with Gasteiger partial charge in [0.25, 0.3) is 0 Å². The van der Waals surface area contributed by atoms with E-state index < -0.39 is 27.2 Å². The smallest absolute Gasteiger partial charge is 0.361 e. The van der Waals surface area contributed by atoms with Crippen molar-refractivity contribution in [1.29, 1.82) is 0 Å². The molecule has 96 valence electrons. The van der Waals surface area contributed by atoms with Crippen LogP contribution < -0.4 is 0 Å². The number of hydrogen-bond donors (Lipinski definition) is 1. The molecule has 2 fully saturated rings. The summed E-state index contributed by atoms with van der Waals surface area (Å²) in [5.74, 6) is -0.725. The fourth-order valence-electron chi connectivity index (χ4n) is 1.87. The molecule has 2 aliphatic rings. The summed E-state index contributed by atoms with van der Waals surface area (Å²) >= 11 is 2.08. The molecular formula is C10H14O5S2. The van der Waals surface area contributed by atoms with Gasteiger partial charge in [0, 0.05) is 5.75 Å². The number of carbonyl (C=O) groups is 2. The number of aliphatic hydroxyl groups excluding tert-OH is 1. The normalized spacial score (nSPS) is 30.2. The van der Waals surface area contributed by atoms with Gasteiger partial charge < -0.3 is 14.6 Å². The van der Waals surface area contributed by atoms with E-state index in [0.717, 1.165) is 23.5 Å². The van der Waals surface area contributed by atoms with E-state index in [-0.39, 0.29) is 0 Å². The number of esters is 2. The number of ether oxygens (including phenoxy) is 2. The molecule has 2 heterocycles. The topological polar surface area (TPSA) is 72.8 Å². The maximum absolute atomic E-state index is 12.0. The van der Waals surface area contributed by atoms with E-state index >= 15 is 0 Å². The Morgan fingerprint density at radius 1 is 1.29 bits per heavy atom. The quantitative estimate of drug-likeness (QED) is 0.603. The molecule has 17 heavy (non-hydrogen) atoms. The van der Waals surface area contributed by atoms with Crippen molar-refractivity contribution in [2.24, 2.45) is 5.41 Å². The Bertz CT molecular complexity index is 333. The second-order valence-electron chi connectivity index (χ2n) is 3.95. The van der Waals surface area contributed by atoms with Crippen molar-refractivity contribution >= 4 is 35.5 Å². The monoisotopic (exact) mass is 278 g/mol. The van der Waals surface area contributed by atoms with Gasteiger partial charge in [-0.25, -0.2) is 0 Å². The Morgan fingerprint density at radius 3 is 2.18 bits per heavy atom. The van der Waals surface area contributed by atoms with Crippen LogP contribution >= 0.6 is 23.5 Å². The highest BCUT2D eigenvalue weighted by atomic mass is 32.2. The van der Waals surface area contributed by atoms with Crippen LogP contribution in [-0.2, 0) is 19.1 Å². The summed E-state index contributed by atoms with van der Waals surface area (Å²) in [7, 11) is 0. The molecule has 7 heteroatoms. The molecule has 2 aliphatic heterocycles. The predicted octanol–water partition coefficient (Wildman–Crippen LogP) is 1.30. The molecule has 0 saturated carbocycles. The van der Waals surface area contributed by atoms with Crippen molar-refractivity contribution in [1.82, 2.24) is 0 Å². The molecule has 0 bridgehead atoms. The van der Waals surface area contributed by atoms with Gasteiger partial charge in [0.05, 0.1) is 0 Å². The summed E-state index contributed by atoms with van der Waals surface area (Å²) in [6, 6.07) is 0. The lowest BCUT2D eigenvalue weighted by Crippen LogP contribution is -2.52. The molecule has 0 aromatic carbocycles. The van der Waals surface area contributed by atoms with E-state index in [9.17, 15) is 14.7 Å². The highest BCUT2D eigenvalue weighted by molar-refractivity contribution is 8.21. The summed E-state index contributed by atoms with van der Waals surface area (Å²) in [4.78, 5) is 24.1. The van der Waals surface area contributed by atoms with Gasteiger partial charge in [0.15, 0.2) is 5.41 Å². The Labute approximate surface area is 108 Å². The Hall–Kier alpha value is -0.400. The first-order valence-electron chi connectivity index (χ1n) is 5.45. The molecule has 0 aliphatic carbocycles. The minimum atomic E-state index is -1.37. The van der Waals surface area contributed by atoms with E-state index in [1.165, 1.54) is 0 Å². The molecule has 1 atom stereocenters. The van der Waals surface area contributed by atoms with Crippen LogP contribution in [0.15, 0.2) is 0 Å². The number of rotatable bonds is 2. The van der Waals surface area contributed by atoms with Gasteiger partial charge in [-0.15, -0.1) is 0 Å². The van der Waals surface area contributed by atoms with E-state index in [1.54, 1.807) is 13.8 Å². The molecule has 5 nitrogen and oxygen atoms in total. The second-order valence-corrected chi connectivity index (χ2v) is 6.69. The summed E-state index contributed by atoms with van der Waals surface area (Å²) in [6.45, 7) is 3.52. The third-order valence-corrected chi connectivity index (χ3v) is 5.86. The molecule has 0 radical (unpaired) electrons. The molecule has 0 aromatic heterocycles. The van der Waals surface area contributed by atoms with Crippen molar-refractivity contribution in [2.75, 3.05) is 5.75 Å². The lowest BCUT2D eigenvalue weighted by molar-refractivity contribution is -0.215. The van der Waals surface area contributed by atoms with Gasteiger partial charge in [-0.05, 0) is 24.6 Å². The first-order valence-corrected chi connectivity index (χ1v) is 7.31. The standard InChI is InChI=1S/C10H14O5S2/c1-3-9(4-2)7(12)14-10(15-8(9)13)16-5-6(11)17-10/h6,11H,3-5H2,1-2H3. The fraction of sp³-hybridized carbons (Fsp3) is 0.800. The van der Waals surface area contributed by atoms with Crippen molar-refractivity contribution in [3.63, 3.8) is 0 Å². The highest BCUT2D eigenvalue weighted by Gasteiger charge is 2.60. The van der Waals surface area contributed by atoms with Crippen molar-refractivity contribution < 1.29 is 24.2 Å². The maximum atomic E-state index is 12.0. The Balaban J connectivity index is 2.24. The maximum Gasteiger partial charge on any atom is 0.361 e. The second kappa shape index (κ2) is 4.37. The van der Waals surface area contributed by atoms with Crippen molar-refractivity contribution in [3.05, 3.63) is 0 Å². The number of aliphatic hydroxyl groups is 1. The van der Waals surface area contributed by atoms with Crippen LogP contribution in [0, 0.1) is 5.41 Å². The lowest BCUT2D eigenvalue weighted by atomic mass is 9.82. The number of carbonyl (C=O) groups excluding carboxylic acids is 2. The van der Waals surface area contributed by atoms with E-state index in [2.05, 4.69) is 0 Å². The third-order valence-electron chi connectivity index (χ3n) is 3.11.